The van der Waals surface area contributed by atoms with Gasteiger partial charge in [-0.1, -0.05) is 18.2 Å². The Morgan fingerprint density at radius 1 is 1.35 bits per heavy atom. The zero-order chi connectivity index (χ0) is 13.9. The van der Waals surface area contributed by atoms with Crippen molar-refractivity contribution < 1.29 is 0 Å². The molecule has 3 aromatic rings. The topological polar surface area (TPSA) is 63.8 Å². The van der Waals surface area contributed by atoms with Crippen molar-refractivity contribution in [1.82, 2.24) is 15.4 Å². The van der Waals surface area contributed by atoms with E-state index in [4.69, 9.17) is 10.8 Å². The summed E-state index contributed by atoms with van der Waals surface area (Å²) in [5, 5.41) is 1.11. The van der Waals surface area contributed by atoms with E-state index in [2.05, 4.69) is 32.4 Å². The van der Waals surface area contributed by atoms with Crippen LogP contribution in [0.1, 0.15) is 16.6 Å². The first kappa shape index (κ1) is 13.6. The van der Waals surface area contributed by atoms with E-state index in [0.29, 0.717) is 0 Å². The SMILES string of the molecule is NNC(Cc1cncs1)c1nc2ccccc2cc1Br. The van der Waals surface area contributed by atoms with E-state index >= 15 is 0 Å². The Labute approximate surface area is 129 Å². The van der Waals surface area contributed by atoms with Crippen molar-refractivity contribution in [3.8, 4) is 0 Å². The number of benzene rings is 1. The number of pyridine rings is 1. The molecule has 3 rings (SSSR count). The first-order chi connectivity index (χ1) is 9.78. The van der Waals surface area contributed by atoms with Gasteiger partial charge in [0.1, 0.15) is 0 Å². The fraction of sp³-hybridized carbons (Fsp3) is 0.143. The highest BCUT2D eigenvalue weighted by Crippen LogP contribution is 2.28. The maximum atomic E-state index is 5.71. The lowest BCUT2D eigenvalue weighted by atomic mass is 10.1. The molecule has 102 valence electrons. The van der Waals surface area contributed by atoms with Crippen LogP contribution in [0.25, 0.3) is 10.9 Å². The van der Waals surface area contributed by atoms with Crippen molar-refractivity contribution >= 4 is 38.2 Å². The molecular formula is C14H13BrN4S. The van der Waals surface area contributed by atoms with Crippen LogP contribution in [-0.2, 0) is 6.42 Å². The molecule has 0 saturated heterocycles. The van der Waals surface area contributed by atoms with Crippen LogP contribution in [0.5, 0.6) is 0 Å². The lowest BCUT2D eigenvalue weighted by Gasteiger charge is -2.16. The van der Waals surface area contributed by atoms with Gasteiger partial charge in [-0.15, -0.1) is 11.3 Å². The zero-order valence-electron chi connectivity index (χ0n) is 10.6. The monoisotopic (exact) mass is 348 g/mol. The third kappa shape index (κ3) is 2.73. The maximum absolute atomic E-state index is 5.71. The van der Waals surface area contributed by atoms with Crippen LogP contribution < -0.4 is 11.3 Å². The second-order valence-electron chi connectivity index (χ2n) is 4.44. The highest BCUT2D eigenvalue weighted by atomic mass is 79.9. The highest BCUT2D eigenvalue weighted by Gasteiger charge is 2.17. The molecule has 0 bridgehead atoms. The van der Waals surface area contributed by atoms with Crippen LogP contribution in [0.15, 0.2) is 46.5 Å². The number of fused-ring (bicyclic) bond motifs is 1. The summed E-state index contributed by atoms with van der Waals surface area (Å²) >= 11 is 5.21. The summed E-state index contributed by atoms with van der Waals surface area (Å²) in [4.78, 5) is 9.99. The molecule has 1 unspecified atom stereocenters. The van der Waals surface area contributed by atoms with Crippen molar-refractivity contribution in [2.24, 2.45) is 5.84 Å². The molecule has 1 atom stereocenters. The van der Waals surface area contributed by atoms with E-state index in [0.717, 1.165) is 27.5 Å². The third-order valence-electron chi connectivity index (χ3n) is 3.12. The minimum Gasteiger partial charge on any atom is -0.271 e. The number of halogens is 1. The number of hydrogen-bond acceptors (Lipinski definition) is 5. The summed E-state index contributed by atoms with van der Waals surface area (Å²) in [5.74, 6) is 5.71. The van der Waals surface area contributed by atoms with Gasteiger partial charge in [-0.2, -0.15) is 0 Å². The van der Waals surface area contributed by atoms with Crippen LogP contribution in [0.2, 0.25) is 0 Å². The molecule has 1 aromatic carbocycles. The molecule has 2 aromatic heterocycles. The Morgan fingerprint density at radius 3 is 2.95 bits per heavy atom. The van der Waals surface area contributed by atoms with Gasteiger partial charge in [0.15, 0.2) is 0 Å². The van der Waals surface area contributed by atoms with E-state index in [9.17, 15) is 0 Å². The van der Waals surface area contributed by atoms with Gasteiger partial charge in [0, 0.05) is 27.4 Å². The van der Waals surface area contributed by atoms with Gasteiger partial charge in [0.05, 0.1) is 22.8 Å². The van der Waals surface area contributed by atoms with Crippen LogP contribution in [0.3, 0.4) is 0 Å². The van der Waals surface area contributed by atoms with E-state index in [1.54, 1.807) is 11.3 Å². The lowest BCUT2D eigenvalue weighted by Crippen LogP contribution is -2.30. The molecule has 0 radical (unpaired) electrons. The summed E-state index contributed by atoms with van der Waals surface area (Å²) in [6.07, 6.45) is 2.63. The molecular weight excluding hydrogens is 336 g/mol. The Balaban J connectivity index is 2.00. The van der Waals surface area contributed by atoms with Crippen LogP contribution in [0, 0.1) is 0 Å². The molecule has 0 aliphatic heterocycles. The Bertz CT molecular complexity index is 714. The van der Waals surface area contributed by atoms with Crippen molar-refractivity contribution in [1.29, 1.82) is 0 Å². The predicted octanol–water partition coefficient (Wildman–Crippen LogP) is 3.20. The number of thiazole rings is 1. The minimum atomic E-state index is -0.0468. The quantitative estimate of drug-likeness (QED) is 0.561. The van der Waals surface area contributed by atoms with Crippen LogP contribution in [0.4, 0.5) is 0 Å². The molecule has 0 aliphatic rings. The predicted molar refractivity (Wildman–Crippen MR) is 85.3 cm³/mol. The fourth-order valence-corrected chi connectivity index (χ4v) is 3.38. The van der Waals surface area contributed by atoms with Gasteiger partial charge in [-0.25, -0.2) is 4.98 Å². The van der Waals surface area contributed by atoms with Gasteiger partial charge in [0.2, 0.25) is 0 Å². The van der Waals surface area contributed by atoms with Crippen molar-refractivity contribution in [2.45, 2.75) is 12.5 Å². The van der Waals surface area contributed by atoms with Crippen molar-refractivity contribution in [3.05, 3.63) is 57.1 Å². The number of rotatable bonds is 4. The van der Waals surface area contributed by atoms with E-state index < -0.39 is 0 Å². The first-order valence-corrected chi connectivity index (χ1v) is 7.84. The molecule has 4 nitrogen and oxygen atoms in total. The van der Waals surface area contributed by atoms with Gasteiger partial charge < -0.3 is 0 Å². The summed E-state index contributed by atoms with van der Waals surface area (Å²) in [6, 6.07) is 10.1. The zero-order valence-corrected chi connectivity index (χ0v) is 13.0. The first-order valence-electron chi connectivity index (χ1n) is 6.16. The summed E-state index contributed by atoms with van der Waals surface area (Å²) in [7, 11) is 0. The number of hydrazine groups is 1. The molecule has 0 saturated carbocycles. The Hall–Kier alpha value is -1.34. The second kappa shape index (κ2) is 5.97. The Kier molecular flexibility index (Phi) is 4.07. The van der Waals surface area contributed by atoms with Crippen molar-refractivity contribution in [3.63, 3.8) is 0 Å². The average molecular weight is 349 g/mol. The largest absolute Gasteiger partial charge is 0.271 e. The van der Waals surface area contributed by atoms with E-state index in [-0.39, 0.29) is 6.04 Å². The average Bonchev–Trinajstić information content (AvgIpc) is 2.97. The van der Waals surface area contributed by atoms with Gasteiger partial charge in [0.25, 0.3) is 0 Å². The number of aromatic nitrogens is 2. The molecule has 0 fully saturated rings. The second-order valence-corrected chi connectivity index (χ2v) is 6.26. The molecule has 20 heavy (non-hydrogen) atoms. The number of para-hydroxylation sites is 1. The maximum Gasteiger partial charge on any atom is 0.0794 e. The van der Waals surface area contributed by atoms with Crippen LogP contribution >= 0.6 is 27.3 Å². The van der Waals surface area contributed by atoms with E-state index in [1.165, 1.54) is 4.88 Å². The van der Waals surface area contributed by atoms with Crippen molar-refractivity contribution in [2.75, 3.05) is 0 Å². The van der Waals surface area contributed by atoms with Crippen LogP contribution in [-0.4, -0.2) is 9.97 Å². The summed E-state index contributed by atoms with van der Waals surface area (Å²) in [6.45, 7) is 0. The summed E-state index contributed by atoms with van der Waals surface area (Å²) < 4.78 is 0.962. The van der Waals surface area contributed by atoms with Gasteiger partial charge >= 0.3 is 0 Å². The molecule has 2 heterocycles. The normalized spacial score (nSPS) is 12.7. The minimum absolute atomic E-state index is 0.0468. The number of nitrogens with two attached hydrogens (primary N) is 1. The Morgan fingerprint density at radius 2 is 2.20 bits per heavy atom. The highest BCUT2D eigenvalue weighted by molar-refractivity contribution is 9.10. The molecule has 0 aliphatic carbocycles. The number of hydrogen-bond donors (Lipinski definition) is 2. The molecule has 0 amide bonds. The number of nitrogens with one attached hydrogen (secondary N) is 1. The standard InChI is InChI=1S/C14H13BrN4S/c15-11-5-9-3-1-2-4-12(9)18-14(11)13(19-16)6-10-7-17-8-20-10/h1-5,7-8,13,19H,6,16H2. The van der Waals surface area contributed by atoms with E-state index in [1.807, 2.05) is 36.0 Å². The lowest BCUT2D eigenvalue weighted by molar-refractivity contribution is 0.541. The number of nitrogens with zero attached hydrogens (tertiary/aromatic N) is 2. The third-order valence-corrected chi connectivity index (χ3v) is 4.56. The van der Waals surface area contributed by atoms with Gasteiger partial charge in [-0.3, -0.25) is 16.3 Å². The molecule has 3 N–H and O–H groups in total. The summed E-state index contributed by atoms with van der Waals surface area (Å²) in [5.41, 5.74) is 6.56. The molecule has 6 heteroatoms. The van der Waals surface area contributed by atoms with Gasteiger partial charge in [-0.05, 0) is 28.1 Å². The smallest absolute Gasteiger partial charge is 0.0794 e. The fourth-order valence-electron chi connectivity index (χ4n) is 2.13. The molecule has 0 spiro atoms.